The number of para-hydroxylation sites is 1. The number of hydrogen-bond donors (Lipinski definition) is 0. The summed E-state index contributed by atoms with van der Waals surface area (Å²) >= 11 is 0. The molecular weight excluding hydrogens is 218 g/mol. The Labute approximate surface area is 100 Å². The van der Waals surface area contributed by atoms with Crippen LogP contribution in [0.5, 0.6) is 5.75 Å². The van der Waals surface area contributed by atoms with Gasteiger partial charge in [-0.3, -0.25) is 0 Å². The lowest BCUT2D eigenvalue weighted by atomic mass is 10.2. The number of rotatable bonds is 1. The van der Waals surface area contributed by atoms with Crippen molar-refractivity contribution < 1.29 is 14.3 Å². The van der Waals surface area contributed by atoms with Crippen molar-refractivity contribution in [2.45, 2.75) is 25.6 Å². The first-order valence-corrected chi connectivity index (χ1v) is 6.03. The van der Waals surface area contributed by atoms with E-state index in [1.54, 1.807) is 4.90 Å². The number of nitrogens with zero attached hydrogens (tertiary/aromatic N) is 1. The van der Waals surface area contributed by atoms with E-state index in [1.807, 2.05) is 24.3 Å². The maximum absolute atomic E-state index is 11.8. The maximum atomic E-state index is 11.8. The Morgan fingerprint density at radius 1 is 1.29 bits per heavy atom. The minimum atomic E-state index is -0.458. The van der Waals surface area contributed by atoms with Crippen LogP contribution in [0.3, 0.4) is 0 Å². The first-order valence-electron chi connectivity index (χ1n) is 6.03. The van der Waals surface area contributed by atoms with Crippen LogP contribution in [-0.2, 0) is 11.2 Å². The average Bonchev–Trinajstić information content (AvgIpc) is 2.97. The average molecular weight is 233 g/mol. The van der Waals surface area contributed by atoms with E-state index >= 15 is 0 Å². The number of amides is 1. The molecule has 4 nitrogen and oxygen atoms in total. The largest absolute Gasteiger partial charge is 0.454 e. The highest BCUT2D eigenvalue weighted by Crippen LogP contribution is 2.29. The lowest BCUT2D eigenvalue weighted by Crippen LogP contribution is -2.33. The molecular formula is C13H15NO3. The molecule has 0 aromatic heterocycles. The van der Waals surface area contributed by atoms with E-state index in [0.29, 0.717) is 6.42 Å². The molecule has 1 amide bonds. The maximum Gasteiger partial charge on any atom is 0.412 e. The number of carbonyl (C=O) groups excluding carboxylic acids is 1. The monoisotopic (exact) mass is 233 g/mol. The van der Waals surface area contributed by atoms with Crippen molar-refractivity contribution in [1.29, 1.82) is 0 Å². The van der Waals surface area contributed by atoms with Gasteiger partial charge in [0.15, 0.2) is 0 Å². The highest BCUT2D eigenvalue weighted by atomic mass is 16.7. The fraction of sp³-hybridized carbons (Fsp3) is 0.462. The van der Waals surface area contributed by atoms with Gasteiger partial charge in [0.25, 0.3) is 0 Å². The lowest BCUT2D eigenvalue weighted by Gasteiger charge is -2.18. The van der Waals surface area contributed by atoms with Crippen molar-refractivity contribution in [3.63, 3.8) is 0 Å². The van der Waals surface area contributed by atoms with Crippen LogP contribution in [0.1, 0.15) is 18.4 Å². The second-order valence-electron chi connectivity index (χ2n) is 4.44. The van der Waals surface area contributed by atoms with Crippen LogP contribution < -0.4 is 4.74 Å². The number of carbonyl (C=O) groups is 1. The number of ether oxygens (including phenoxy) is 2. The number of likely N-dealkylation sites (tertiary alicyclic amines) is 1. The molecule has 1 unspecified atom stereocenters. The normalized spacial score (nSPS) is 22.1. The molecule has 3 rings (SSSR count). The summed E-state index contributed by atoms with van der Waals surface area (Å²) in [5.74, 6) is 0.826. The molecule has 4 heteroatoms. The number of benzene rings is 1. The summed E-state index contributed by atoms with van der Waals surface area (Å²) in [5.41, 5.74) is 1.10. The van der Waals surface area contributed by atoms with Gasteiger partial charge in [0, 0.05) is 18.7 Å². The summed E-state index contributed by atoms with van der Waals surface area (Å²) in [5, 5.41) is 0. The molecule has 17 heavy (non-hydrogen) atoms. The van der Waals surface area contributed by atoms with Crippen LogP contribution in [0.2, 0.25) is 0 Å². The van der Waals surface area contributed by atoms with E-state index < -0.39 is 6.29 Å². The summed E-state index contributed by atoms with van der Waals surface area (Å²) < 4.78 is 10.9. The van der Waals surface area contributed by atoms with Crippen LogP contribution in [0.15, 0.2) is 24.3 Å². The molecule has 90 valence electrons. The molecule has 2 heterocycles. The molecule has 0 N–H and O–H groups in total. The Hall–Kier alpha value is -1.71. The minimum absolute atomic E-state index is 0.250. The van der Waals surface area contributed by atoms with Gasteiger partial charge in [-0.25, -0.2) is 4.79 Å². The SMILES string of the molecule is O=C(OC1Cc2ccccc2O1)N1CCCC1. The van der Waals surface area contributed by atoms with Gasteiger partial charge in [0.05, 0.1) is 6.42 Å². The number of hydrogen-bond acceptors (Lipinski definition) is 3. The zero-order chi connectivity index (χ0) is 11.7. The van der Waals surface area contributed by atoms with Crippen molar-refractivity contribution in [3.05, 3.63) is 29.8 Å². The quantitative estimate of drug-likeness (QED) is 0.746. The Morgan fingerprint density at radius 3 is 2.82 bits per heavy atom. The van der Waals surface area contributed by atoms with Crippen LogP contribution in [-0.4, -0.2) is 30.4 Å². The third-order valence-electron chi connectivity index (χ3n) is 3.21. The molecule has 0 bridgehead atoms. The molecule has 1 atom stereocenters. The predicted molar refractivity (Wildman–Crippen MR) is 61.9 cm³/mol. The summed E-state index contributed by atoms with van der Waals surface area (Å²) in [4.78, 5) is 13.5. The van der Waals surface area contributed by atoms with Gasteiger partial charge in [-0.1, -0.05) is 18.2 Å². The molecule has 2 aliphatic rings. The Morgan fingerprint density at radius 2 is 2.06 bits per heavy atom. The molecule has 0 saturated carbocycles. The van der Waals surface area contributed by atoms with Crippen LogP contribution in [0.25, 0.3) is 0 Å². The van der Waals surface area contributed by atoms with Crippen molar-refractivity contribution >= 4 is 6.09 Å². The number of fused-ring (bicyclic) bond motifs is 1. The highest BCUT2D eigenvalue weighted by molar-refractivity contribution is 5.68. The van der Waals surface area contributed by atoms with Crippen LogP contribution >= 0.6 is 0 Å². The van der Waals surface area contributed by atoms with Gasteiger partial charge >= 0.3 is 6.09 Å². The second-order valence-corrected chi connectivity index (χ2v) is 4.44. The first kappa shape index (κ1) is 10.4. The molecule has 2 aliphatic heterocycles. The van der Waals surface area contributed by atoms with E-state index in [0.717, 1.165) is 37.2 Å². The summed E-state index contributed by atoms with van der Waals surface area (Å²) in [7, 11) is 0. The first-order chi connectivity index (χ1) is 8.33. The van der Waals surface area contributed by atoms with Crippen molar-refractivity contribution in [1.82, 2.24) is 4.90 Å². The van der Waals surface area contributed by atoms with Gasteiger partial charge in [-0.05, 0) is 18.9 Å². The highest BCUT2D eigenvalue weighted by Gasteiger charge is 2.28. The van der Waals surface area contributed by atoms with Gasteiger partial charge in [-0.15, -0.1) is 0 Å². The van der Waals surface area contributed by atoms with E-state index in [9.17, 15) is 4.79 Å². The fourth-order valence-electron chi connectivity index (χ4n) is 2.30. The third-order valence-corrected chi connectivity index (χ3v) is 3.21. The van der Waals surface area contributed by atoms with Gasteiger partial charge in [0.1, 0.15) is 5.75 Å². The molecule has 1 saturated heterocycles. The van der Waals surface area contributed by atoms with Gasteiger partial charge in [0.2, 0.25) is 6.29 Å². The molecule has 0 aliphatic carbocycles. The van der Waals surface area contributed by atoms with E-state index in [2.05, 4.69) is 0 Å². The molecule has 1 aromatic rings. The van der Waals surface area contributed by atoms with Crippen molar-refractivity contribution in [2.75, 3.05) is 13.1 Å². The Balaban J connectivity index is 1.60. The smallest absolute Gasteiger partial charge is 0.412 e. The molecule has 1 fully saturated rings. The predicted octanol–water partition coefficient (Wildman–Crippen LogP) is 2.18. The molecule has 0 spiro atoms. The zero-order valence-corrected chi connectivity index (χ0v) is 9.59. The van der Waals surface area contributed by atoms with E-state index in [4.69, 9.17) is 9.47 Å². The van der Waals surface area contributed by atoms with Crippen molar-refractivity contribution in [3.8, 4) is 5.75 Å². The summed E-state index contributed by atoms with van der Waals surface area (Å²) in [6.07, 6.45) is 2.08. The minimum Gasteiger partial charge on any atom is -0.454 e. The van der Waals surface area contributed by atoms with Crippen LogP contribution in [0, 0.1) is 0 Å². The van der Waals surface area contributed by atoms with E-state index in [-0.39, 0.29) is 6.09 Å². The second kappa shape index (κ2) is 4.28. The lowest BCUT2D eigenvalue weighted by molar-refractivity contribution is -0.0298. The zero-order valence-electron chi connectivity index (χ0n) is 9.59. The van der Waals surface area contributed by atoms with Crippen LogP contribution in [0.4, 0.5) is 4.79 Å². The third kappa shape index (κ3) is 2.07. The topological polar surface area (TPSA) is 38.8 Å². The fourth-order valence-corrected chi connectivity index (χ4v) is 2.30. The molecule has 0 radical (unpaired) electrons. The van der Waals surface area contributed by atoms with Gasteiger partial charge in [-0.2, -0.15) is 0 Å². The summed E-state index contributed by atoms with van der Waals surface area (Å²) in [6.45, 7) is 1.61. The standard InChI is InChI=1S/C13H15NO3/c15-13(14-7-3-4-8-14)17-12-9-10-5-1-2-6-11(10)16-12/h1-2,5-6,12H,3-4,7-9H2. The summed E-state index contributed by atoms with van der Waals surface area (Å²) in [6, 6.07) is 7.79. The Bertz CT molecular complexity index is 401. The van der Waals surface area contributed by atoms with Gasteiger partial charge < -0.3 is 14.4 Å². The Kier molecular flexibility index (Phi) is 2.63. The molecule has 1 aromatic carbocycles. The van der Waals surface area contributed by atoms with E-state index in [1.165, 1.54) is 0 Å². The van der Waals surface area contributed by atoms with Crippen molar-refractivity contribution in [2.24, 2.45) is 0 Å².